The van der Waals surface area contributed by atoms with Gasteiger partial charge in [0.25, 0.3) is 0 Å². The Morgan fingerprint density at radius 1 is 1.10 bits per heavy atom. The molecular formula is C18H12Cl2F4I2N2S2. The number of hydrogen-bond acceptors (Lipinski definition) is 3. The van der Waals surface area contributed by atoms with Crippen molar-refractivity contribution in [3.05, 3.63) is 52.6 Å². The average Bonchev–Trinajstić information content (AvgIpc) is 3.17. The van der Waals surface area contributed by atoms with Gasteiger partial charge in [-0.1, -0.05) is 35.4 Å². The van der Waals surface area contributed by atoms with Crippen molar-refractivity contribution in [2.24, 2.45) is 4.99 Å². The number of nitrogens with zero attached hydrogens (tertiary/aromatic N) is 1. The molecule has 0 radical (unpaired) electrons. The van der Waals surface area contributed by atoms with Gasteiger partial charge < -0.3 is 5.32 Å². The van der Waals surface area contributed by atoms with E-state index in [4.69, 9.17) is 36.8 Å². The number of halogens is 8. The van der Waals surface area contributed by atoms with E-state index in [0.29, 0.717) is 10.7 Å². The fraction of sp³-hybridized carbons (Fsp3) is 0.222. The maximum absolute atomic E-state index is 12.1. The van der Waals surface area contributed by atoms with E-state index in [1.54, 1.807) is 12.1 Å². The number of hydrogen-bond donors (Lipinski definition) is 1. The van der Waals surface area contributed by atoms with Crippen LogP contribution in [0.15, 0.2) is 29.3 Å². The summed E-state index contributed by atoms with van der Waals surface area (Å²) in [6.07, 6.45) is 1.07. The summed E-state index contributed by atoms with van der Waals surface area (Å²) in [7, 11) is -1.00. The molecule has 2 nitrogen and oxygen atoms in total. The molecule has 0 aliphatic carbocycles. The first-order chi connectivity index (χ1) is 14.4. The maximum atomic E-state index is 12.1. The second-order valence-electron chi connectivity index (χ2n) is 5.77. The summed E-state index contributed by atoms with van der Waals surface area (Å²) >= 11 is 21.0. The molecule has 2 aromatic carbocycles. The zero-order valence-electron chi connectivity index (χ0n) is 15.7. The number of anilines is 1. The Labute approximate surface area is 219 Å². The highest BCUT2D eigenvalue weighted by molar-refractivity contribution is 14.1. The minimum absolute atomic E-state index is 0.0700. The Hall–Kier alpha value is 0.110. The second-order valence-corrected chi connectivity index (χ2v) is 10.5. The van der Waals surface area contributed by atoms with E-state index < -0.39 is 12.7 Å². The molecule has 4 rings (SSSR count). The van der Waals surface area contributed by atoms with Crippen LogP contribution in [0.3, 0.4) is 0 Å². The molecule has 2 heterocycles. The molecule has 0 bridgehead atoms. The SMILES string of the molecule is FC(F)(F)SC1=Nc2cc(Cl)c(I)cc2C1.S=C1Cc2cc(I)c(Cl)cc2N1.[2H]CF. The maximum Gasteiger partial charge on any atom is 0.447 e. The molecule has 0 saturated carbocycles. The second kappa shape index (κ2) is 11.3. The monoisotopic (exact) mass is 721 g/mol. The van der Waals surface area contributed by atoms with Crippen LogP contribution in [0.1, 0.15) is 12.5 Å². The molecule has 0 unspecified atom stereocenters. The molecule has 162 valence electrons. The van der Waals surface area contributed by atoms with Crippen molar-refractivity contribution in [3.8, 4) is 0 Å². The van der Waals surface area contributed by atoms with Gasteiger partial charge in [0.2, 0.25) is 0 Å². The van der Waals surface area contributed by atoms with Crippen LogP contribution >= 0.6 is 92.4 Å². The van der Waals surface area contributed by atoms with Gasteiger partial charge in [0.05, 0.1) is 34.3 Å². The Morgan fingerprint density at radius 3 is 2.27 bits per heavy atom. The summed E-state index contributed by atoms with van der Waals surface area (Å²) in [5.74, 6) is 0. The van der Waals surface area contributed by atoms with Gasteiger partial charge in [0, 0.05) is 37.4 Å². The van der Waals surface area contributed by atoms with E-state index >= 15 is 0 Å². The van der Waals surface area contributed by atoms with Crippen LogP contribution in [0.25, 0.3) is 0 Å². The van der Waals surface area contributed by atoms with Crippen molar-refractivity contribution >= 4 is 114 Å². The summed E-state index contributed by atoms with van der Waals surface area (Å²) in [5.41, 5.74) is -0.644. The van der Waals surface area contributed by atoms with Gasteiger partial charge in [-0.25, -0.2) is 4.99 Å². The highest BCUT2D eigenvalue weighted by Crippen LogP contribution is 2.40. The van der Waals surface area contributed by atoms with Gasteiger partial charge in [-0.3, -0.25) is 4.39 Å². The smallest absolute Gasteiger partial charge is 0.349 e. The lowest BCUT2D eigenvalue weighted by Crippen LogP contribution is -2.06. The first kappa shape index (κ1) is 24.7. The Kier molecular flexibility index (Phi) is 9.32. The molecule has 0 amide bonds. The molecule has 2 aliphatic heterocycles. The van der Waals surface area contributed by atoms with E-state index in [0.717, 1.165) is 34.8 Å². The van der Waals surface area contributed by atoms with Gasteiger partial charge in [0.1, 0.15) is 0 Å². The van der Waals surface area contributed by atoms with Gasteiger partial charge in [0.15, 0.2) is 0 Å². The summed E-state index contributed by atoms with van der Waals surface area (Å²) in [4.78, 5) is 4.79. The highest BCUT2D eigenvalue weighted by atomic mass is 127. The van der Waals surface area contributed by atoms with Crippen molar-refractivity contribution in [2.75, 3.05) is 12.5 Å². The average molecular weight is 722 g/mol. The third-order valence-electron chi connectivity index (χ3n) is 3.71. The molecule has 30 heavy (non-hydrogen) atoms. The summed E-state index contributed by atoms with van der Waals surface area (Å²) in [6, 6.07) is 7.37. The van der Waals surface area contributed by atoms with E-state index in [1.165, 1.54) is 5.56 Å². The number of benzene rings is 2. The highest BCUT2D eigenvalue weighted by Gasteiger charge is 2.33. The quantitative estimate of drug-likeness (QED) is 0.168. The van der Waals surface area contributed by atoms with Gasteiger partial charge in [-0.05, 0) is 80.6 Å². The number of fused-ring (bicyclic) bond motifs is 2. The van der Waals surface area contributed by atoms with Crippen LogP contribution in [-0.4, -0.2) is 22.7 Å². The third-order valence-corrected chi connectivity index (χ3v) is 7.71. The molecule has 0 fully saturated rings. The predicted molar refractivity (Wildman–Crippen MR) is 140 cm³/mol. The number of nitrogens with one attached hydrogen (secondary N) is 1. The van der Waals surface area contributed by atoms with Crippen LogP contribution in [0, 0.1) is 7.14 Å². The van der Waals surface area contributed by atoms with Crippen molar-refractivity contribution in [3.63, 3.8) is 0 Å². The minimum Gasteiger partial charge on any atom is -0.349 e. The molecule has 0 spiro atoms. The first-order valence-electron chi connectivity index (χ1n) is 8.58. The molecule has 0 atom stereocenters. The molecule has 1 N–H and O–H groups in total. The normalized spacial score (nSPS) is 14.3. The first-order valence-corrected chi connectivity index (χ1v) is 12.0. The van der Waals surface area contributed by atoms with Crippen LogP contribution < -0.4 is 5.32 Å². The Balaban J connectivity index is 0.000000201. The van der Waals surface area contributed by atoms with Gasteiger partial charge in [-0.15, -0.1) is 0 Å². The van der Waals surface area contributed by atoms with E-state index in [1.807, 2.05) is 28.7 Å². The largest absolute Gasteiger partial charge is 0.447 e. The van der Waals surface area contributed by atoms with Crippen molar-refractivity contribution in [2.45, 2.75) is 18.3 Å². The lowest BCUT2D eigenvalue weighted by Gasteiger charge is -2.03. The van der Waals surface area contributed by atoms with Crippen LogP contribution in [-0.2, 0) is 12.8 Å². The standard InChI is InChI=1S/C9H4ClF3INS.C8H5ClINS.CH3F/c10-5-3-7-4(1-6(5)14)2-8(15-7)16-9(11,12)13;9-5-3-7-4(1-6(5)10)2-8(12)11-7;1-2/h1,3H,2H2;1,3H,2H2,(H,11,12);1H3/i;;1D. The topological polar surface area (TPSA) is 24.4 Å². The number of thiocarbonyl (C=S) groups is 1. The van der Waals surface area contributed by atoms with Crippen molar-refractivity contribution in [1.82, 2.24) is 0 Å². The molecule has 0 saturated heterocycles. The number of rotatable bonds is 0. The van der Waals surface area contributed by atoms with Gasteiger partial charge in [-0.2, -0.15) is 13.2 Å². The molecule has 0 aromatic heterocycles. The van der Waals surface area contributed by atoms with E-state index in [9.17, 15) is 17.6 Å². The lowest BCUT2D eigenvalue weighted by molar-refractivity contribution is -0.0316. The number of aliphatic imine (C=N–C) groups is 1. The minimum atomic E-state index is -4.28. The third kappa shape index (κ3) is 7.32. The summed E-state index contributed by atoms with van der Waals surface area (Å²) in [6.45, 7) is 0. The zero-order chi connectivity index (χ0) is 23.3. The fourth-order valence-corrected chi connectivity index (χ4v) is 4.86. The summed E-state index contributed by atoms with van der Waals surface area (Å²) < 4.78 is 53.8. The molecule has 12 heteroatoms. The fourth-order valence-electron chi connectivity index (χ4n) is 2.57. The van der Waals surface area contributed by atoms with Crippen LogP contribution in [0.2, 0.25) is 10.0 Å². The Bertz CT molecular complexity index is 990. The van der Waals surface area contributed by atoms with Gasteiger partial charge >= 0.3 is 5.51 Å². The van der Waals surface area contributed by atoms with Crippen LogP contribution in [0.4, 0.5) is 28.9 Å². The zero-order valence-corrected chi connectivity index (χ0v) is 22.2. The lowest BCUT2D eigenvalue weighted by atomic mass is 10.2. The number of alkyl halides is 4. The van der Waals surface area contributed by atoms with E-state index in [-0.39, 0.29) is 23.2 Å². The van der Waals surface area contributed by atoms with Crippen molar-refractivity contribution in [1.29, 1.82) is 0 Å². The number of thioether (sulfide) groups is 1. The molecule has 2 aromatic rings. The van der Waals surface area contributed by atoms with Crippen molar-refractivity contribution < 1.29 is 18.9 Å². The Morgan fingerprint density at radius 2 is 1.67 bits per heavy atom. The summed E-state index contributed by atoms with van der Waals surface area (Å²) in [5, 5.41) is 4.48. The predicted octanol–water partition coefficient (Wildman–Crippen LogP) is 8.61. The van der Waals surface area contributed by atoms with Crippen LogP contribution in [0.5, 0.6) is 0 Å². The van der Waals surface area contributed by atoms with E-state index in [2.05, 4.69) is 39.0 Å². The molecular weight excluding hydrogens is 709 g/mol. The molecule has 2 aliphatic rings.